The first-order valence-corrected chi connectivity index (χ1v) is 10.8. The number of phenols is 1. The van der Waals surface area contributed by atoms with Crippen LogP contribution < -0.4 is 10.1 Å². The first-order valence-electron chi connectivity index (χ1n) is 10.8. The molecule has 1 fully saturated rings. The van der Waals surface area contributed by atoms with Crippen LogP contribution in [0.2, 0.25) is 0 Å². The van der Waals surface area contributed by atoms with Gasteiger partial charge in [0.2, 0.25) is 5.91 Å². The van der Waals surface area contributed by atoms with Crippen molar-refractivity contribution < 1.29 is 14.6 Å². The fraction of sp³-hybridized carbons (Fsp3) is 0.269. The number of nitrogens with one attached hydrogen (secondary N) is 1. The maximum Gasteiger partial charge on any atom is 0.220 e. The smallest absolute Gasteiger partial charge is 0.220 e. The van der Waals surface area contributed by atoms with Crippen LogP contribution in [0.5, 0.6) is 17.2 Å². The summed E-state index contributed by atoms with van der Waals surface area (Å²) in [4.78, 5) is 15.2. The number of hydrogen-bond acceptors (Lipinski definition) is 4. The van der Waals surface area contributed by atoms with E-state index in [0.29, 0.717) is 24.3 Å². The van der Waals surface area contributed by atoms with E-state index < -0.39 is 0 Å². The van der Waals surface area contributed by atoms with Gasteiger partial charge in [-0.2, -0.15) is 0 Å². The first kappa shape index (κ1) is 19.6. The molecule has 0 radical (unpaired) electrons. The topological polar surface area (TPSA) is 61.8 Å². The summed E-state index contributed by atoms with van der Waals surface area (Å²) in [6.07, 6.45) is 1.01. The number of likely N-dealkylation sites (tertiary alicyclic amines) is 1. The van der Waals surface area contributed by atoms with E-state index in [1.807, 2.05) is 36.4 Å². The number of ether oxygens (including phenoxy) is 1. The normalized spacial score (nSPS) is 21.1. The Morgan fingerprint density at radius 3 is 2.71 bits per heavy atom. The van der Waals surface area contributed by atoms with Crippen LogP contribution in [0.1, 0.15) is 29.0 Å². The molecular weight excluding hydrogens is 388 g/mol. The zero-order valence-corrected chi connectivity index (χ0v) is 17.3. The maximum atomic E-state index is 12.8. The molecule has 0 unspecified atom stereocenters. The lowest BCUT2D eigenvalue weighted by atomic mass is 9.94. The summed E-state index contributed by atoms with van der Waals surface area (Å²) in [5.41, 5.74) is 3.37. The van der Waals surface area contributed by atoms with Crippen molar-refractivity contribution in [3.63, 3.8) is 0 Å². The number of amides is 1. The number of phenolic OH excluding ortho intramolecular Hbond substituents is 1. The lowest BCUT2D eigenvalue weighted by Gasteiger charge is -2.20. The summed E-state index contributed by atoms with van der Waals surface area (Å²) in [7, 11) is 0. The van der Waals surface area contributed by atoms with Gasteiger partial charge in [-0.25, -0.2) is 0 Å². The number of benzene rings is 3. The first-order chi connectivity index (χ1) is 15.1. The van der Waals surface area contributed by atoms with Crippen LogP contribution >= 0.6 is 0 Å². The summed E-state index contributed by atoms with van der Waals surface area (Å²) in [5.74, 6) is 1.44. The average Bonchev–Trinajstić information content (AvgIpc) is 3.16. The summed E-state index contributed by atoms with van der Waals surface area (Å²) >= 11 is 0. The highest BCUT2D eigenvalue weighted by atomic mass is 16.5. The fourth-order valence-electron chi connectivity index (χ4n) is 4.61. The third-order valence-electron chi connectivity index (χ3n) is 6.17. The molecule has 0 aliphatic carbocycles. The second-order valence-corrected chi connectivity index (χ2v) is 8.44. The molecule has 0 spiro atoms. The Hall–Kier alpha value is -3.31. The highest BCUT2D eigenvalue weighted by Gasteiger charge is 2.35. The minimum atomic E-state index is 0.0451. The van der Waals surface area contributed by atoms with E-state index in [0.717, 1.165) is 30.8 Å². The SMILES string of the molecule is O=C1CCc2ccc(O)c(c2)Oc2cccc(c2)[C@@H]2CN(Cc3ccccc3)C[C@H]2N1. The van der Waals surface area contributed by atoms with Gasteiger partial charge in [-0.15, -0.1) is 0 Å². The van der Waals surface area contributed by atoms with E-state index in [2.05, 4.69) is 40.5 Å². The van der Waals surface area contributed by atoms with E-state index in [1.165, 1.54) is 5.56 Å². The number of rotatable bonds is 2. The molecule has 0 aromatic heterocycles. The van der Waals surface area contributed by atoms with Crippen molar-refractivity contribution >= 4 is 5.91 Å². The minimum absolute atomic E-state index is 0.0451. The molecule has 2 N–H and O–H groups in total. The highest BCUT2D eigenvalue weighted by molar-refractivity contribution is 5.76. The van der Waals surface area contributed by atoms with Gasteiger partial charge in [0, 0.05) is 38.0 Å². The summed E-state index contributed by atoms with van der Waals surface area (Å²) in [5, 5.41) is 13.5. The molecule has 5 nitrogen and oxygen atoms in total. The largest absolute Gasteiger partial charge is 0.504 e. The Morgan fingerprint density at radius 2 is 1.84 bits per heavy atom. The van der Waals surface area contributed by atoms with Crippen LogP contribution in [-0.4, -0.2) is 35.0 Å². The molecule has 5 heteroatoms. The van der Waals surface area contributed by atoms with E-state index >= 15 is 0 Å². The monoisotopic (exact) mass is 414 g/mol. The predicted molar refractivity (Wildman–Crippen MR) is 119 cm³/mol. The third kappa shape index (κ3) is 4.42. The molecule has 2 aliphatic rings. The Kier molecular flexibility index (Phi) is 5.35. The van der Waals surface area contributed by atoms with Gasteiger partial charge in [0.15, 0.2) is 11.5 Å². The van der Waals surface area contributed by atoms with E-state index in [-0.39, 0.29) is 23.6 Å². The van der Waals surface area contributed by atoms with Crippen LogP contribution in [0.15, 0.2) is 72.8 Å². The van der Waals surface area contributed by atoms with Crippen LogP contribution in [-0.2, 0) is 17.8 Å². The van der Waals surface area contributed by atoms with Gasteiger partial charge < -0.3 is 15.2 Å². The van der Waals surface area contributed by atoms with Crippen molar-refractivity contribution in [3.8, 4) is 17.2 Å². The van der Waals surface area contributed by atoms with Gasteiger partial charge in [-0.05, 0) is 47.4 Å². The van der Waals surface area contributed by atoms with E-state index in [9.17, 15) is 9.90 Å². The highest BCUT2D eigenvalue weighted by Crippen LogP contribution is 2.35. The zero-order chi connectivity index (χ0) is 21.2. The molecule has 5 rings (SSSR count). The fourth-order valence-corrected chi connectivity index (χ4v) is 4.61. The number of aryl methyl sites for hydroxylation is 1. The number of carbonyl (C=O) groups excluding carboxylic acids is 1. The summed E-state index contributed by atoms with van der Waals surface area (Å²) in [6.45, 7) is 2.53. The van der Waals surface area contributed by atoms with Crippen LogP contribution in [0.25, 0.3) is 0 Å². The molecule has 1 amide bonds. The second kappa shape index (κ2) is 8.44. The van der Waals surface area contributed by atoms with Crippen LogP contribution in [0.4, 0.5) is 0 Å². The molecule has 0 saturated carbocycles. The van der Waals surface area contributed by atoms with Gasteiger partial charge in [-0.1, -0.05) is 48.5 Å². The van der Waals surface area contributed by atoms with Crippen LogP contribution in [0.3, 0.4) is 0 Å². The van der Waals surface area contributed by atoms with Gasteiger partial charge in [0.1, 0.15) is 5.75 Å². The van der Waals surface area contributed by atoms with Gasteiger partial charge in [-0.3, -0.25) is 9.69 Å². The third-order valence-corrected chi connectivity index (χ3v) is 6.17. The van der Waals surface area contributed by atoms with Crippen molar-refractivity contribution in [2.24, 2.45) is 0 Å². The van der Waals surface area contributed by atoms with E-state index in [4.69, 9.17) is 4.74 Å². The molecule has 3 aromatic rings. The Balaban J connectivity index is 1.46. The molecule has 2 aliphatic heterocycles. The maximum absolute atomic E-state index is 12.8. The van der Waals surface area contributed by atoms with Crippen molar-refractivity contribution in [2.75, 3.05) is 13.1 Å². The second-order valence-electron chi connectivity index (χ2n) is 8.44. The Bertz CT molecular complexity index is 1080. The molecule has 4 bridgehead atoms. The van der Waals surface area contributed by atoms with Gasteiger partial charge in [0.05, 0.1) is 0 Å². The molecular formula is C26H26N2O3. The Labute approximate surface area is 182 Å². The van der Waals surface area contributed by atoms with E-state index in [1.54, 1.807) is 6.07 Å². The minimum Gasteiger partial charge on any atom is -0.504 e. The van der Waals surface area contributed by atoms with Gasteiger partial charge in [0.25, 0.3) is 0 Å². The molecule has 3 aromatic carbocycles. The predicted octanol–water partition coefficient (Wildman–Crippen LogP) is 4.21. The van der Waals surface area contributed by atoms with Crippen molar-refractivity contribution in [2.45, 2.75) is 31.3 Å². The average molecular weight is 415 g/mol. The van der Waals surface area contributed by atoms with Crippen LogP contribution in [0, 0.1) is 0 Å². The molecule has 31 heavy (non-hydrogen) atoms. The molecule has 1 saturated heterocycles. The van der Waals surface area contributed by atoms with Crippen molar-refractivity contribution in [3.05, 3.63) is 89.5 Å². The van der Waals surface area contributed by atoms with Crippen molar-refractivity contribution in [1.29, 1.82) is 0 Å². The standard InChI is InChI=1S/C26H26N2O3/c29-24-11-9-18-10-12-26(30)27-23-17-28(15-19-5-2-1-3-6-19)16-22(23)20-7-4-8-21(14-20)31-25(24)13-18/h1-9,11,13-14,22-23,29H,10,12,15-17H2,(H,27,30)/t22-,23+/m0/s1. The number of hydrogen-bond donors (Lipinski definition) is 2. The molecule has 2 atom stereocenters. The number of aromatic hydroxyl groups is 1. The van der Waals surface area contributed by atoms with Gasteiger partial charge >= 0.3 is 0 Å². The zero-order valence-electron chi connectivity index (χ0n) is 17.3. The summed E-state index contributed by atoms with van der Waals surface area (Å²) < 4.78 is 6.03. The molecule has 158 valence electrons. The lowest BCUT2D eigenvalue weighted by Crippen LogP contribution is -2.39. The lowest BCUT2D eigenvalue weighted by molar-refractivity contribution is -0.121. The van der Waals surface area contributed by atoms with Crippen molar-refractivity contribution in [1.82, 2.24) is 10.2 Å². The number of nitrogens with zero attached hydrogens (tertiary/aromatic N) is 1. The summed E-state index contributed by atoms with van der Waals surface area (Å²) in [6, 6.07) is 23.8. The Morgan fingerprint density at radius 1 is 0.968 bits per heavy atom. The quantitative estimate of drug-likeness (QED) is 0.659. The molecule has 2 heterocycles. The number of carbonyl (C=O) groups is 1. The number of fused-ring (bicyclic) bond motifs is 6.